The first kappa shape index (κ1) is 19.3. The molecule has 1 aromatic carbocycles. The average molecular weight is 369 g/mol. The van der Waals surface area contributed by atoms with Crippen LogP contribution in [0.4, 0.5) is 0 Å². The third-order valence-electron chi connectivity index (χ3n) is 4.05. The van der Waals surface area contributed by atoms with Gasteiger partial charge in [-0.3, -0.25) is 0 Å². The van der Waals surface area contributed by atoms with E-state index >= 15 is 0 Å². The van der Waals surface area contributed by atoms with E-state index in [0.29, 0.717) is 5.56 Å². The van der Waals surface area contributed by atoms with E-state index in [1.807, 2.05) is 0 Å². The van der Waals surface area contributed by atoms with Crippen molar-refractivity contribution in [1.29, 1.82) is 0 Å². The van der Waals surface area contributed by atoms with Crippen molar-refractivity contribution in [3.8, 4) is 11.5 Å². The third-order valence-corrected chi connectivity index (χ3v) is 5.57. The largest absolute Gasteiger partial charge is 0.493 e. The summed E-state index contributed by atoms with van der Waals surface area (Å²) in [7, 11) is 0.284. The Hall–Kier alpha value is -2.06. The molecule has 0 spiro atoms. The van der Waals surface area contributed by atoms with Gasteiger partial charge in [-0.05, 0) is 36.6 Å². The Morgan fingerprint density at radius 1 is 1.16 bits per heavy atom. The van der Waals surface area contributed by atoms with Gasteiger partial charge in [0.15, 0.2) is 11.5 Å². The number of ether oxygens (including phenoxy) is 3. The number of carbonyl (C=O) groups is 1. The molecule has 1 N–H and O–H groups in total. The van der Waals surface area contributed by atoms with E-state index in [-0.39, 0.29) is 22.4 Å². The SMILES string of the molecule is COC(=O)/C=C\c1cc(OC)c(OC)c(S(=O)(=O)NC2CCCC2)c1. The molecule has 1 aromatic rings. The molecular formula is C17H23NO6S. The molecular weight excluding hydrogens is 346 g/mol. The number of carbonyl (C=O) groups excluding carboxylic acids is 1. The molecule has 1 fully saturated rings. The molecule has 0 heterocycles. The highest BCUT2D eigenvalue weighted by molar-refractivity contribution is 7.89. The van der Waals surface area contributed by atoms with Crippen LogP contribution in [0.5, 0.6) is 11.5 Å². The fourth-order valence-corrected chi connectivity index (χ4v) is 4.33. The van der Waals surface area contributed by atoms with Crippen LogP contribution < -0.4 is 14.2 Å². The monoisotopic (exact) mass is 369 g/mol. The average Bonchev–Trinajstić information content (AvgIpc) is 3.10. The van der Waals surface area contributed by atoms with Crippen LogP contribution in [0.3, 0.4) is 0 Å². The Labute approximate surface area is 148 Å². The van der Waals surface area contributed by atoms with Crippen molar-refractivity contribution in [2.24, 2.45) is 0 Å². The van der Waals surface area contributed by atoms with Gasteiger partial charge in [0.2, 0.25) is 10.0 Å². The molecule has 0 amide bonds. The summed E-state index contributed by atoms with van der Waals surface area (Å²) < 4.78 is 43.4. The smallest absolute Gasteiger partial charge is 0.330 e. The zero-order valence-electron chi connectivity index (χ0n) is 14.6. The minimum absolute atomic E-state index is 0.0224. The summed E-state index contributed by atoms with van der Waals surface area (Å²) in [5, 5.41) is 0. The number of hydrogen-bond donors (Lipinski definition) is 1. The van der Waals surface area contributed by atoms with E-state index in [2.05, 4.69) is 9.46 Å². The third kappa shape index (κ3) is 4.73. The molecule has 1 aliphatic carbocycles. The first-order valence-electron chi connectivity index (χ1n) is 7.95. The summed E-state index contributed by atoms with van der Waals surface area (Å²) in [5.74, 6) is -0.146. The number of sulfonamides is 1. The standard InChI is InChI=1S/C17H23NO6S/c1-22-14-10-12(8-9-16(19)23-2)11-15(17(14)24-3)25(20,21)18-13-6-4-5-7-13/h8-11,13,18H,4-7H2,1-3H3/b9-8-. The van der Waals surface area contributed by atoms with Gasteiger partial charge < -0.3 is 14.2 Å². The molecule has 8 heteroatoms. The Morgan fingerprint density at radius 3 is 2.40 bits per heavy atom. The van der Waals surface area contributed by atoms with Crippen molar-refractivity contribution in [2.75, 3.05) is 21.3 Å². The first-order chi connectivity index (χ1) is 11.9. The van der Waals surface area contributed by atoms with Crippen LogP contribution in [0.25, 0.3) is 6.08 Å². The number of esters is 1. The van der Waals surface area contributed by atoms with Crippen LogP contribution >= 0.6 is 0 Å². The van der Waals surface area contributed by atoms with Gasteiger partial charge in [-0.15, -0.1) is 0 Å². The van der Waals surface area contributed by atoms with Crippen LogP contribution in [0.15, 0.2) is 23.1 Å². The molecule has 0 saturated heterocycles. The predicted octanol–water partition coefficient (Wildman–Crippen LogP) is 2.11. The van der Waals surface area contributed by atoms with Crippen molar-refractivity contribution in [3.05, 3.63) is 23.8 Å². The summed E-state index contributed by atoms with van der Waals surface area (Å²) in [6.45, 7) is 0. The predicted molar refractivity (Wildman–Crippen MR) is 93.2 cm³/mol. The molecule has 1 saturated carbocycles. The molecule has 0 aromatic heterocycles. The lowest BCUT2D eigenvalue weighted by Gasteiger charge is -2.17. The van der Waals surface area contributed by atoms with Gasteiger partial charge in [-0.25, -0.2) is 17.9 Å². The summed E-state index contributed by atoms with van der Waals surface area (Å²) >= 11 is 0. The topological polar surface area (TPSA) is 90.9 Å². The van der Waals surface area contributed by atoms with Crippen molar-refractivity contribution in [3.63, 3.8) is 0 Å². The lowest BCUT2D eigenvalue weighted by atomic mass is 10.2. The molecule has 25 heavy (non-hydrogen) atoms. The Balaban J connectivity index is 2.45. The van der Waals surface area contributed by atoms with Crippen molar-refractivity contribution < 1.29 is 27.4 Å². The highest BCUT2D eigenvalue weighted by atomic mass is 32.2. The summed E-state index contributed by atoms with van der Waals surface area (Å²) in [4.78, 5) is 11.3. The van der Waals surface area contributed by atoms with Gasteiger partial charge >= 0.3 is 5.97 Å². The number of methoxy groups -OCH3 is 3. The Morgan fingerprint density at radius 2 is 1.84 bits per heavy atom. The van der Waals surface area contributed by atoms with E-state index in [9.17, 15) is 13.2 Å². The lowest BCUT2D eigenvalue weighted by molar-refractivity contribution is -0.134. The maximum absolute atomic E-state index is 12.8. The molecule has 2 rings (SSSR count). The minimum atomic E-state index is -3.79. The van der Waals surface area contributed by atoms with E-state index in [4.69, 9.17) is 9.47 Å². The molecule has 0 unspecified atom stereocenters. The van der Waals surface area contributed by atoms with Crippen molar-refractivity contribution >= 4 is 22.1 Å². The fourth-order valence-electron chi connectivity index (χ4n) is 2.80. The number of nitrogens with one attached hydrogen (secondary N) is 1. The van der Waals surface area contributed by atoms with E-state index in [1.54, 1.807) is 6.07 Å². The maximum atomic E-state index is 12.8. The van der Waals surface area contributed by atoms with Crippen LogP contribution in [-0.4, -0.2) is 41.8 Å². The minimum Gasteiger partial charge on any atom is -0.493 e. The highest BCUT2D eigenvalue weighted by Crippen LogP contribution is 2.36. The molecule has 0 bridgehead atoms. The molecule has 138 valence electrons. The zero-order valence-corrected chi connectivity index (χ0v) is 15.4. The van der Waals surface area contributed by atoms with Crippen molar-refractivity contribution in [2.45, 2.75) is 36.6 Å². The molecule has 0 radical (unpaired) electrons. The van der Waals surface area contributed by atoms with Gasteiger partial charge in [-0.2, -0.15) is 0 Å². The second-order valence-electron chi connectivity index (χ2n) is 5.71. The van der Waals surface area contributed by atoms with E-state index in [1.165, 1.54) is 39.5 Å². The van der Waals surface area contributed by atoms with Gasteiger partial charge in [0.25, 0.3) is 0 Å². The van der Waals surface area contributed by atoms with Gasteiger partial charge in [0, 0.05) is 12.1 Å². The number of hydrogen-bond acceptors (Lipinski definition) is 6. The van der Waals surface area contributed by atoms with Crippen LogP contribution in [0.1, 0.15) is 31.2 Å². The molecule has 0 atom stereocenters. The normalized spacial score (nSPS) is 15.5. The van der Waals surface area contributed by atoms with Crippen molar-refractivity contribution in [1.82, 2.24) is 4.72 Å². The summed E-state index contributed by atoms with van der Waals surface area (Å²) in [6, 6.07) is 2.96. The van der Waals surface area contributed by atoms with E-state index < -0.39 is 16.0 Å². The Bertz CT molecular complexity index is 751. The van der Waals surface area contributed by atoms with Crippen LogP contribution in [0, 0.1) is 0 Å². The second kappa shape index (κ2) is 8.35. The Kier molecular flexibility index (Phi) is 6.44. The van der Waals surface area contributed by atoms with Gasteiger partial charge in [0.1, 0.15) is 4.90 Å². The van der Waals surface area contributed by atoms with Gasteiger partial charge in [0.05, 0.1) is 21.3 Å². The molecule has 7 nitrogen and oxygen atoms in total. The highest BCUT2D eigenvalue weighted by Gasteiger charge is 2.27. The number of rotatable bonds is 7. The molecule has 1 aliphatic rings. The lowest BCUT2D eigenvalue weighted by Crippen LogP contribution is -2.33. The molecule has 0 aliphatic heterocycles. The zero-order chi connectivity index (χ0) is 18.4. The van der Waals surface area contributed by atoms with Gasteiger partial charge in [-0.1, -0.05) is 12.8 Å². The first-order valence-corrected chi connectivity index (χ1v) is 9.44. The van der Waals surface area contributed by atoms with Crippen LogP contribution in [-0.2, 0) is 19.6 Å². The van der Waals surface area contributed by atoms with E-state index in [0.717, 1.165) is 25.7 Å². The summed E-state index contributed by atoms with van der Waals surface area (Å²) in [5.41, 5.74) is 0.481. The number of benzene rings is 1. The quantitative estimate of drug-likeness (QED) is 0.585. The summed E-state index contributed by atoms with van der Waals surface area (Å²) in [6.07, 6.45) is 6.33. The van der Waals surface area contributed by atoms with Crippen LogP contribution in [0.2, 0.25) is 0 Å². The fraction of sp³-hybridized carbons (Fsp3) is 0.471. The second-order valence-corrected chi connectivity index (χ2v) is 7.40. The maximum Gasteiger partial charge on any atom is 0.330 e.